The fourth-order valence-electron chi connectivity index (χ4n) is 1.31. The van der Waals surface area contributed by atoms with E-state index in [0.29, 0.717) is 11.5 Å². The lowest BCUT2D eigenvalue weighted by Crippen LogP contribution is -1.84. The third-order valence-corrected chi connectivity index (χ3v) is 2.66. The summed E-state index contributed by atoms with van der Waals surface area (Å²) in [5.41, 5.74) is 2.59. The summed E-state index contributed by atoms with van der Waals surface area (Å²) in [6.45, 7) is 0. The van der Waals surface area contributed by atoms with E-state index in [4.69, 9.17) is 4.52 Å². The molecule has 3 aromatic rings. The highest BCUT2D eigenvalue weighted by Crippen LogP contribution is 2.26. The van der Waals surface area contributed by atoms with Crippen molar-refractivity contribution in [2.75, 3.05) is 0 Å². The molecular weight excluding hydrogens is 240 g/mol. The molecule has 3 rings (SSSR count). The first-order valence-corrected chi connectivity index (χ1v) is 5.65. The van der Waals surface area contributed by atoms with Crippen molar-refractivity contribution in [1.29, 1.82) is 0 Å². The van der Waals surface area contributed by atoms with Crippen LogP contribution >= 0.6 is 11.3 Å². The lowest BCUT2D eigenvalue weighted by Gasteiger charge is -1.95. The van der Waals surface area contributed by atoms with Crippen LogP contribution in [0.3, 0.4) is 0 Å². The van der Waals surface area contributed by atoms with Gasteiger partial charge in [0.2, 0.25) is 5.82 Å². The topological polar surface area (TPSA) is 84.9 Å². The minimum Gasteiger partial charge on any atom is -0.505 e. The molecule has 0 unspecified atom stereocenters. The van der Waals surface area contributed by atoms with Gasteiger partial charge in [-0.05, 0) is 12.1 Å². The average Bonchev–Trinajstić information content (AvgIpc) is 3.00. The van der Waals surface area contributed by atoms with Crippen molar-refractivity contribution in [2.45, 2.75) is 0 Å². The SMILES string of the molecule is Oc1cccnc1-c1nc(-c2cscn2)no1. The van der Waals surface area contributed by atoms with E-state index in [0.717, 1.165) is 0 Å². The van der Waals surface area contributed by atoms with Crippen molar-refractivity contribution < 1.29 is 9.63 Å². The lowest BCUT2D eigenvalue weighted by atomic mass is 10.3. The van der Waals surface area contributed by atoms with Gasteiger partial charge in [0.05, 0.1) is 5.51 Å². The monoisotopic (exact) mass is 246 g/mol. The van der Waals surface area contributed by atoms with Crippen molar-refractivity contribution >= 4 is 11.3 Å². The Morgan fingerprint density at radius 1 is 1.29 bits per heavy atom. The molecule has 84 valence electrons. The first-order valence-electron chi connectivity index (χ1n) is 4.71. The molecular formula is C10H6N4O2S. The van der Waals surface area contributed by atoms with Crippen molar-refractivity contribution in [3.63, 3.8) is 0 Å². The van der Waals surface area contributed by atoms with E-state index in [1.807, 2.05) is 5.38 Å². The van der Waals surface area contributed by atoms with Crippen LogP contribution in [0.1, 0.15) is 0 Å². The van der Waals surface area contributed by atoms with Gasteiger partial charge in [-0.3, -0.25) is 0 Å². The normalized spacial score (nSPS) is 10.6. The maximum absolute atomic E-state index is 9.60. The Morgan fingerprint density at radius 3 is 3.00 bits per heavy atom. The Labute approximate surface area is 99.6 Å². The summed E-state index contributed by atoms with van der Waals surface area (Å²) in [5, 5.41) is 15.2. The van der Waals surface area contributed by atoms with E-state index < -0.39 is 0 Å². The van der Waals surface area contributed by atoms with E-state index in [9.17, 15) is 5.11 Å². The second-order valence-corrected chi connectivity index (χ2v) is 3.89. The predicted molar refractivity (Wildman–Crippen MR) is 60.3 cm³/mol. The van der Waals surface area contributed by atoms with Crippen molar-refractivity contribution in [3.8, 4) is 28.9 Å². The van der Waals surface area contributed by atoms with Crippen LogP contribution in [0.2, 0.25) is 0 Å². The van der Waals surface area contributed by atoms with Gasteiger partial charge >= 0.3 is 0 Å². The molecule has 0 bridgehead atoms. The van der Waals surface area contributed by atoms with E-state index >= 15 is 0 Å². The minimum atomic E-state index is 0.000905. The maximum Gasteiger partial charge on any atom is 0.280 e. The zero-order valence-electron chi connectivity index (χ0n) is 8.44. The van der Waals surface area contributed by atoms with Gasteiger partial charge in [-0.15, -0.1) is 11.3 Å². The molecule has 0 fully saturated rings. The molecule has 0 radical (unpaired) electrons. The van der Waals surface area contributed by atoms with Gasteiger partial charge in [0, 0.05) is 11.6 Å². The van der Waals surface area contributed by atoms with Gasteiger partial charge in [0.1, 0.15) is 11.4 Å². The molecule has 0 aliphatic carbocycles. The van der Waals surface area contributed by atoms with E-state index in [2.05, 4.69) is 20.1 Å². The van der Waals surface area contributed by atoms with Crippen LogP contribution in [-0.2, 0) is 0 Å². The highest BCUT2D eigenvalue weighted by Gasteiger charge is 2.15. The minimum absolute atomic E-state index is 0.000905. The van der Waals surface area contributed by atoms with E-state index in [1.165, 1.54) is 17.4 Å². The van der Waals surface area contributed by atoms with Crippen molar-refractivity contribution in [1.82, 2.24) is 20.1 Å². The molecule has 0 saturated carbocycles. The number of aromatic nitrogens is 4. The Bertz CT molecular complexity index is 635. The van der Waals surface area contributed by atoms with Gasteiger partial charge in [0.15, 0.2) is 5.69 Å². The fraction of sp³-hybridized carbons (Fsp3) is 0. The largest absolute Gasteiger partial charge is 0.505 e. The van der Waals surface area contributed by atoms with Gasteiger partial charge < -0.3 is 9.63 Å². The summed E-state index contributed by atoms with van der Waals surface area (Å²) in [6, 6.07) is 3.13. The summed E-state index contributed by atoms with van der Waals surface area (Å²) < 4.78 is 5.04. The summed E-state index contributed by atoms with van der Waals surface area (Å²) >= 11 is 1.44. The van der Waals surface area contributed by atoms with Gasteiger partial charge in [-0.1, -0.05) is 5.16 Å². The molecule has 3 aromatic heterocycles. The molecule has 6 nitrogen and oxygen atoms in total. The van der Waals surface area contributed by atoms with Gasteiger partial charge in [-0.2, -0.15) is 4.98 Å². The second-order valence-electron chi connectivity index (χ2n) is 3.17. The van der Waals surface area contributed by atoms with Gasteiger partial charge in [-0.25, -0.2) is 9.97 Å². The van der Waals surface area contributed by atoms with Crippen LogP contribution < -0.4 is 0 Å². The fourth-order valence-corrected chi connectivity index (χ4v) is 1.84. The molecule has 0 amide bonds. The summed E-state index contributed by atoms with van der Waals surface area (Å²) in [6.07, 6.45) is 1.54. The molecule has 7 heteroatoms. The number of pyridine rings is 1. The maximum atomic E-state index is 9.60. The van der Waals surface area contributed by atoms with E-state index in [-0.39, 0.29) is 17.3 Å². The quantitative estimate of drug-likeness (QED) is 0.744. The smallest absolute Gasteiger partial charge is 0.280 e. The Hall–Kier alpha value is -2.28. The van der Waals surface area contributed by atoms with Crippen LogP contribution in [0.15, 0.2) is 33.7 Å². The summed E-state index contributed by atoms with van der Waals surface area (Å²) in [5.74, 6) is 0.554. The highest BCUT2D eigenvalue weighted by atomic mass is 32.1. The van der Waals surface area contributed by atoms with E-state index in [1.54, 1.807) is 17.8 Å². The molecule has 0 saturated heterocycles. The molecule has 17 heavy (non-hydrogen) atoms. The van der Waals surface area contributed by atoms with Crippen LogP contribution in [0.25, 0.3) is 23.1 Å². The number of nitrogens with zero attached hydrogens (tertiary/aromatic N) is 4. The Kier molecular flexibility index (Phi) is 2.30. The highest BCUT2D eigenvalue weighted by molar-refractivity contribution is 7.07. The summed E-state index contributed by atoms with van der Waals surface area (Å²) in [7, 11) is 0. The molecule has 0 spiro atoms. The lowest BCUT2D eigenvalue weighted by molar-refractivity contribution is 0.423. The second kappa shape index (κ2) is 3.95. The Morgan fingerprint density at radius 2 is 2.24 bits per heavy atom. The predicted octanol–water partition coefficient (Wildman–Crippen LogP) is 1.96. The van der Waals surface area contributed by atoms with Crippen LogP contribution in [0.4, 0.5) is 0 Å². The third kappa shape index (κ3) is 1.76. The Balaban J connectivity index is 2.04. The molecule has 0 aromatic carbocycles. The number of rotatable bonds is 2. The zero-order valence-corrected chi connectivity index (χ0v) is 9.26. The standard InChI is InChI=1S/C10H6N4O2S/c15-7-2-1-3-11-8(7)10-13-9(14-16-10)6-4-17-5-12-6/h1-5,15H. The molecule has 0 aliphatic rings. The van der Waals surface area contributed by atoms with Crippen molar-refractivity contribution in [2.24, 2.45) is 0 Å². The number of thiazole rings is 1. The van der Waals surface area contributed by atoms with Crippen LogP contribution in [-0.4, -0.2) is 25.2 Å². The van der Waals surface area contributed by atoms with Crippen molar-refractivity contribution in [3.05, 3.63) is 29.2 Å². The summed E-state index contributed by atoms with van der Waals surface area (Å²) in [4.78, 5) is 12.2. The van der Waals surface area contributed by atoms with Crippen LogP contribution in [0, 0.1) is 0 Å². The third-order valence-electron chi connectivity index (χ3n) is 2.08. The first-order chi connectivity index (χ1) is 8.34. The number of hydrogen-bond donors (Lipinski definition) is 1. The molecule has 3 heterocycles. The molecule has 0 aliphatic heterocycles. The number of aromatic hydroxyl groups is 1. The van der Waals surface area contributed by atoms with Crippen LogP contribution in [0.5, 0.6) is 5.75 Å². The molecule has 0 atom stereocenters. The molecule has 1 N–H and O–H groups in total. The first kappa shape index (κ1) is 9.91. The average molecular weight is 246 g/mol. The zero-order chi connectivity index (χ0) is 11.7. The number of hydrogen-bond acceptors (Lipinski definition) is 7. The van der Waals surface area contributed by atoms with Gasteiger partial charge in [0.25, 0.3) is 5.89 Å².